The van der Waals surface area contributed by atoms with Crippen LogP contribution in [0.1, 0.15) is 32.6 Å². The van der Waals surface area contributed by atoms with Gasteiger partial charge in [0.2, 0.25) is 0 Å². The second-order valence-corrected chi connectivity index (χ2v) is 4.29. The molecule has 84 valence electrons. The molecule has 3 heteroatoms. The normalized spacial score (nSPS) is 26.4. The van der Waals surface area contributed by atoms with E-state index in [4.69, 9.17) is 15.2 Å². The van der Waals surface area contributed by atoms with Gasteiger partial charge in [0.05, 0.1) is 6.10 Å². The van der Waals surface area contributed by atoms with Crippen LogP contribution in [0.4, 0.5) is 0 Å². The molecule has 0 aliphatic carbocycles. The van der Waals surface area contributed by atoms with Crippen LogP contribution in [0.25, 0.3) is 0 Å². The van der Waals surface area contributed by atoms with Crippen molar-refractivity contribution in [2.75, 3.05) is 20.3 Å². The molecule has 0 saturated carbocycles. The lowest BCUT2D eigenvalue weighted by Gasteiger charge is -2.22. The van der Waals surface area contributed by atoms with Crippen LogP contribution in [-0.2, 0) is 9.47 Å². The van der Waals surface area contributed by atoms with Crippen molar-refractivity contribution in [1.82, 2.24) is 0 Å². The maximum absolute atomic E-state index is 6.10. The van der Waals surface area contributed by atoms with Gasteiger partial charge in [-0.25, -0.2) is 0 Å². The summed E-state index contributed by atoms with van der Waals surface area (Å²) in [6, 6.07) is 0.258. The molecule has 1 heterocycles. The van der Waals surface area contributed by atoms with E-state index in [1.807, 2.05) is 0 Å². The molecule has 0 aromatic heterocycles. The van der Waals surface area contributed by atoms with Crippen LogP contribution in [0.15, 0.2) is 0 Å². The van der Waals surface area contributed by atoms with Gasteiger partial charge in [-0.15, -0.1) is 0 Å². The van der Waals surface area contributed by atoms with Crippen LogP contribution in [-0.4, -0.2) is 32.5 Å². The van der Waals surface area contributed by atoms with E-state index in [1.54, 1.807) is 7.11 Å². The molecule has 0 spiro atoms. The largest absolute Gasteiger partial charge is 0.385 e. The molecular weight excluding hydrogens is 178 g/mol. The molecule has 3 nitrogen and oxygen atoms in total. The van der Waals surface area contributed by atoms with Crippen molar-refractivity contribution >= 4 is 0 Å². The number of hydrogen-bond acceptors (Lipinski definition) is 3. The Morgan fingerprint density at radius 3 is 2.93 bits per heavy atom. The number of hydrogen-bond donors (Lipinski definition) is 1. The zero-order valence-corrected chi connectivity index (χ0v) is 9.37. The third-order valence-corrected chi connectivity index (χ3v) is 3.07. The Morgan fingerprint density at radius 2 is 2.36 bits per heavy atom. The highest BCUT2D eigenvalue weighted by molar-refractivity contribution is 4.76. The van der Waals surface area contributed by atoms with E-state index in [9.17, 15) is 0 Å². The Labute approximate surface area is 86.9 Å². The van der Waals surface area contributed by atoms with Gasteiger partial charge in [0, 0.05) is 26.4 Å². The summed E-state index contributed by atoms with van der Waals surface area (Å²) in [5, 5.41) is 0. The summed E-state index contributed by atoms with van der Waals surface area (Å²) >= 11 is 0. The van der Waals surface area contributed by atoms with E-state index in [-0.39, 0.29) is 6.04 Å². The van der Waals surface area contributed by atoms with E-state index in [1.165, 1.54) is 12.8 Å². The summed E-state index contributed by atoms with van der Waals surface area (Å²) < 4.78 is 10.6. The average Bonchev–Trinajstić information content (AvgIpc) is 2.66. The summed E-state index contributed by atoms with van der Waals surface area (Å²) in [6.07, 6.45) is 4.85. The first kappa shape index (κ1) is 12.0. The Morgan fingerprint density at radius 1 is 1.57 bits per heavy atom. The van der Waals surface area contributed by atoms with E-state index >= 15 is 0 Å². The monoisotopic (exact) mass is 201 g/mol. The van der Waals surface area contributed by atoms with Crippen molar-refractivity contribution in [3.8, 4) is 0 Å². The van der Waals surface area contributed by atoms with Crippen LogP contribution < -0.4 is 5.73 Å². The van der Waals surface area contributed by atoms with Gasteiger partial charge in [-0.1, -0.05) is 6.92 Å². The number of nitrogens with two attached hydrogens (primary N) is 1. The van der Waals surface area contributed by atoms with E-state index in [0.717, 1.165) is 26.1 Å². The Kier molecular flexibility index (Phi) is 5.45. The van der Waals surface area contributed by atoms with Gasteiger partial charge >= 0.3 is 0 Å². The minimum Gasteiger partial charge on any atom is -0.385 e. The van der Waals surface area contributed by atoms with Crippen molar-refractivity contribution in [3.63, 3.8) is 0 Å². The van der Waals surface area contributed by atoms with Gasteiger partial charge in [0.25, 0.3) is 0 Å². The first-order valence-corrected chi connectivity index (χ1v) is 5.60. The van der Waals surface area contributed by atoms with Gasteiger partial charge < -0.3 is 15.2 Å². The lowest BCUT2D eigenvalue weighted by atomic mass is 9.94. The standard InChI is InChI=1S/C11H23NO2/c1-9(5-7-13-2)11(12)8-10-4-3-6-14-10/h9-11H,3-8,12H2,1-2H3. The minimum atomic E-state index is 0.258. The summed E-state index contributed by atoms with van der Waals surface area (Å²) in [7, 11) is 1.73. The molecule has 14 heavy (non-hydrogen) atoms. The molecule has 1 aliphatic heterocycles. The molecule has 1 aliphatic rings. The summed E-state index contributed by atoms with van der Waals surface area (Å²) in [4.78, 5) is 0. The fourth-order valence-corrected chi connectivity index (χ4v) is 1.88. The predicted octanol–water partition coefficient (Wildman–Crippen LogP) is 1.56. The fourth-order valence-electron chi connectivity index (χ4n) is 1.88. The minimum absolute atomic E-state index is 0.258. The lowest BCUT2D eigenvalue weighted by molar-refractivity contribution is 0.0896. The zero-order chi connectivity index (χ0) is 10.4. The van der Waals surface area contributed by atoms with Gasteiger partial charge in [0.1, 0.15) is 0 Å². The second kappa shape index (κ2) is 6.38. The smallest absolute Gasteiger partial charge is 0.0590 e. The third-order valence-electron chi connectivity index (χ3n) is 3.07. The number of rotatable bonds is 6. The first-order valence-electron chi connectivity index (χ1n) is 5.60. The van der Waals surface area contributed by atoms with Crippen molar-refractivity contribution < 1.29 is 9.47 Å². The van der Waals surface area contributed by atoms with Crippen LogP contribution >= 0.6 is 0 Å². The first-order chi connectivity index (χ1) is 6.74. The highest BCUT2D eigenvalue weighted by Gasteiger charge is 2.21. The molecule has 1 fully saturated rings. The number of ether oxygens (including phenoxy) is 2. The topological polar surface area (TPSA) is 44.5 Å². The second-order valence-electron chi connectivity index (χ2n) is 4.29. The lowest BCUT2D eigenvalue weighted by Crippen LogP contribution is -2.32. The van der Waals surface area contributed by atoms with Gasteiger partial charge in [0.15, 0.2) is 0 Å². The van der Waals surface area contributed by atoms with E-state index < -0.39 is 0 Å². The van der Waals surface area contributed by atoms with Crippen LogP contribution in [0, 0.1) is 5.92 Å². The molecule has 0 bridgehead atoms. The molecular formula is C11H23NO2. The fraction of sp³-hybridized carbons (Fsp3) is 1.00. The van der Waals surface area contributed by atoms with E-state index in [0.29, 0.717) is 12.0 Å². The molecule has 2 N–H and O–H groups in total. The van der Waals surface area contributed by atoms with Crippen molar-refractivity contribution in [3.05, 3.63) is 0 Å². The molecule has 1 rings (SSSR count). The van der Waals surface area contributed by atoms with Crippen LogP contribution in [0.2, 0.25) is 0 Å². The summed E-state index contributed by atoms with van der Waals surface area (Å²) in [6.45, 7) is 3.92. The molecule has 0 radical (unpaired) electrons. The molecule has 0 aromatic rings. The maximum atomic E-state index is 6.10. The summed E-state index contributed by atoms with van der Waals surface area (Å²) in [5.74, 6) is 0.527. The predicted molar refractivity (Wildman–Crippen MR) is 57.2 cm³/mol. The molecule has 3 atom stereocenters. The van der Waals surface area contributed by atoms with E-state index in [2.05, 4.69) is 6.92 Å². The number of methoxy groups -OCH3 is 1. The Balaban J connectivity index is 2.15. The zero-order valence-electron chi connectivity index (χ0n) is 9.37. The highest BCUT2D eigenvalue weighted by atomic mass is 16.5. The van der Waals surface area contributed by atoms with Crippen LogP contribution in [0.5, 0.6) is 0 Å². The molecule has 1 saturated heterocycles. The molecule has 0 aromatic carbocycles. The van der Waals surface area contributed by atoms with Crippen molar-refractivity contribution in [2.24, 2.45) is 11.7 Å². The van der Waals surface area contributed by atoms with Gasteiger partial charge in [-0.05, 0) is 31.6 Å². The van der Waals surface area contributed by atoms with Crippen molar-refractivity contribution in [1.29, 1.82) is 0 Å². The maximum Gasteiger partial charge on any atom is 0.0590 e. The Bertz CT molecular complexity index is 146. The SMILES string of the molecule is COCCC(C)C(N)CC1CCCO1. The summed E-state index contributed by atoms with van der Waals surface area (Å²) in [5.41, 5.74) is 6.10. The molecule has 0 amide bonds. The Hall–Kier alpha value is -0.120. The quantitative estimate of drug-likeness (QED) is 0.709. The highest BCUT2D eigenvalue weighted by Crippen LogP contribution is 2.20. The van der Waals surface area contributed by atoms with Gasteiger partial charge in [-0.3, -0.25) is 0 Å². The molecule has 3 unspecified atom stereocenters. The third kappa shape index (κ3) is 3.95. The van der Waals surface area contributed by atoms with Gasteiger partial charge in [-0.2, -0.15) is 0 Å². The van der Waals surface area contributed by atoms with Crippen LogP contribution in [0.3, 0.4) is 0 Å². The van der Waals surface area contributed by atoms with Crippen molar-refractivity contribution in [2.45, 2.75) is 44.8 Å². The average molecular weight is 201 g/mol.